The van der Waals surface area contributed by atoms with Crippen LogP contribution in [-0.2, 0) is 0 Å². The molecule has 2 aromatic rings. The lowest BCUT2D eigenvalue weighted by molar-refractivity contribution is 0.976. The Bertz CT molecular complexity index is 599. The lowest BCUT2D eigenvalue weighted by Gasteiger charge is -2.06. The van der Waals surface area contributed by atoms with Crippen LogP contribution in [0.15, 0.2) is 43.1 Å². The molecule has 1 heterocycles. The average Bonchev–Trinajstić information content (AvgIpc) is 2.46. The molecule has 0 bridgehead atoms. The molecule has 0 saturated heterocycles. The van der Waals surface area contributed by atoms with Gasteiger partial charge in [0.25, 0.3) is 0 Å². The second kappa shape index (κ2) is 6.12. The molecule has 0 amide bonds. The van der Waals surface area contributed by atoms with Crippen LogP contribution in [0.3, 0.4) is 0 Å². The Morgan fingerprint density at radius 2 is 2.11 bits per heavy atom. The molecule has 0 atom stereocenters. The molecule has 0 radical (unpaired) electrons. The van der Waals surface area contributed by atoms with Gasteiger partial charge in [-0.25, -0.2) is 0 Å². The van der Waals surface area contributed by atoms with E-state index in [1.165, 1.54) is 6.20 Å². The minimum atomic E-state index is 0.388. The highest BCUT2D eigenvalue weighted by Crippen LogP contribution is 2.14. The smallest absolute Gasteiger partial charge is 0.249 e. The molecule has 0 aliphatic carbocycles. The van der Waals surface area contributed by atoms with Crippen LogP contribution in [0.2, 0.25) is 0 Å². The van der Waals surface area contributed by atoms with Crippen molar-refractivity contribution in [2.75, 3.05) is 17.2 Å². The Morgan fingerprint density at radius 3 is 2.79 bits per heavy atom. The van der Waals surface area contributed by atoms with Crippen molar-refractivity contribution in [1.29, 1.82) is 5.26 Å². The van der Waals surface area contributed by atoms with Crippen LogP contribution >= 0.6 is 0 Å². The Kier molecular flexibility index (Phi) is 4.03. The van der Waals surface area contributed by atoms with E-state index in [1.54, 1.807) is 30.3 Å². The molecule has 6 nitrogen and oxygen atoms in total. The van der Waals surface area contributed by atoms with E-state index in [1.807, 2.05) is 0 Å². The number of benzene rings is 1. The van der Waals surface area contributed by atoms with E-state index in [4.69, 9.17) is 5.26 Å². The van der Waals surface area contributed by atoms with Gasteiger partial charge in [0, 0.05) is 12.2 Å². The predicted molar refractivity (Wildman–Crippen MR) is 73.0 cm³/mol. The molecule has 0 spiro atoms. The second-order valence-electron chi connectivity index (χ2n) is 3.65. The number of anilines is 3. The summed E-state index contributed by atoms with van der Waals surface area (Å²) in [5.74, 6) is 1.00. The first-order chi connectivity index (χ1) is 9.31. The Labute approximate surface area is 110 Å². The van der Waals surface area contributed by atoms with E-state index in [2.05, 4.69) is 38.5 Å². The van der Waals surface area contributed by atoms with Crippen molar-refractivity contribution >= 4 is 17.5 Å². The van der Waals surface area contributed by atoms with Gasteiger partial charge in [-0.05, 0) is 24.3 Å². The third-order valence-corrected chi connectivity index (χ3v) is 2.26. The minimum absolute atomic E-state index is 0.388. The molecule has 19 heavy (non-hydrogen) atoms. The lowest BCUT2D eigenvalue weighted by atomic mass is 10.2. The molecule has 94 valence electrons. The summed E-state index contributed by atoms with van der Waals surface area (Å²) >= 11 is 0. The first-order valence-corrected chi connectivity index (χ1v) is 5.63. The van der Waals surface area contributed by atoms with Gasteiger partial charge >= 0.3 is 0 Å². The second-order valence-corrected chi connectivity index (χ2v) is 3.65. The van der Waals surface area contributed by atoms with Crippen molar-refractivity contribution in [3.05, 3.63) is 48.7 Å². The van der Waals surface area contributed by atoms with Crippen LogP contribution in [-0.4, -0.2) is 21.7 Å². The van der Waals surface area contributed by atoms with Crippen LogP contribution < -0.4 is 10.6 Å². The van der Waals surface area contributed by atoms with Crippen molar-refractivity contribution in [2.45, 2.75) is 0 Å². The highest BCUT2D eigenvalue weighted by Gasteiger charge is 2.00. The summed E-state index contributed by atoms with van der Waals surface area (Å²) in [7, 11) is 0. The van der Waals surface area contributed by atoms with Gasteiger partial charge in [0.15, 0.2) is 5.82 Å². The molecule has 0 aliphatic rings. The first kappa shape index (κ1) is 12.5. The van der Waals surface area contributed by atoms with Crippen molar-refractivity contribution in [3.8, 4) is 6.07 Å². The van der Waals surface area contributed by atoms with Crippen LogP contribution in [0.1, 0.15) is 5.56 Å². The van der Waals surface area contributed by atoms with E-state index >= 15 is 0 Å². The monoisotopic (exact) mass is 252 g/mol. The topological polar surface area (TPSA) is 86.5 Å². The normalized spacial score (nSPS) is 9.42. The molecule has 1 aromatic carbocycles. The van der Waals surface area contributed by atoms with E-state index < -0.39 is 0 Å². The number of hydrogen-bond donors (Lipinski definition) is 2. The van der Waals surface area contributed by atoms with E-state index in [9.17, 15) is 0 Å². The van der Waals surface area contributed by atoms with Gasteiger partial charge in [0.05, 0.1) is 17.8 Å². The Balaban J connectivity index is 2.09. The molecule has 0 saturated carbocycles. The molecular formula is C13H12N6. The molecule has 0 aliphatic heterocycles. The fourth-order valence-corrected chi connectivity index (χ4v) is 1.38. The Morgan fingerprint density at radius 1 is 1.32 bits per heavy atom. The van der Waals surface area contributed by atoms with Gasteiger partial charge < -0.3 is 10.6 Å². The lowest BCUT2D eigenvalue weighted by Crippen LogP contribution is -2.05. The zero-order chi connectivity index (χ0) is 13.5. The maximum absolute atomic E-state index is 8.72. The zero-order valence-electron chi connectivity index (χ0n) is 10.2. The summed E-state index contributed by atoms with van der Waals surface area (Å²) in [6.45, 7) is 4.22. The molecule has 6 heteroatoms. The van der Waals surface area contributed by atoms with Crippen LogP contribution in [0, 0.1) is 11.3 Å². The summed E-state index contributed by atoms with van der Waals surface area (Å²) in [6.07, 6.45) is 3.27. The largest absolute Gasteiger partial charge is 0.365 e. The highest BCUT2D eigenvalue weighted by molar-refractivity contribution is 5.55. The van der Waals surface area contributed by atoms with E-state index in [0.29, 0.717) is 23.9 Å². The summed E-state index contributed by atoms with van der Waals surface area (Å²) in [6, 6.07) is 9.06. The summed E-state index contributed by atoms with van der Waals surface area (Å²) in [5, 5.41) is 22.5. The van der Waals surface area contributed by atoms with Crippen molar-refractivity contribution in [2.24, 2.45) is 0 Å². The summed E-state index contributed by atoms with van der Waals surface area (Å²) in [5.41, 5.74) is 1.40. The van der Waals surface area contributed by atoms with Crippen LogP contribution in [0.25, 0.3) is 0 Å². The minimum Gasteiger partial charge on any atom is -0.365 e. The van der Waals surface area contributed by atoms with E-state index in [0.717, 1.165) is 5.69 Å². The van der Waals surface area contributed by atoms with Gasteiger partial charge in [-0.2, -0.15) is 15.3 Å². The third kappa shape index (κ3) is 3.51. The fraction of sp³-hybridized carbons (Fsp3) is 0.0769. The molecule has 0 fully saturated rings. The number of aromatic nitrogens is 3. The molecule has 0 unspecified atom stereocenters. The van der Waals surface area contributed by atoms with Crippen molar-refractivity contribution in [3.63, 3.8) is 0 Å². The Hall–Kier alpha value is -2.94. The SMILES string of the molecule is C=CCNc1cnnc(Nc2ccc(C#N)cc2)n1. The van der Waals surface area contributed by atoms with Gasteiger partial charge in [-0.3, -0.25) is 0 Å². The molecule has 1 aromatic heterocycles. The average molecular weight is 252 g/mol. The van der Waals surface area contributed by atoms with Crippen molar-refractivity contribution < 1.29 is 0 Å². The van der Waals surface area contributed by atoms with E-state index in [-0.39, 0.29) is 0 Å². The summed E-state index contributed by atoms with van der Waals surface area (Å²) in [4.78, 5) is 4.24. The van der Waals surface area contributed by atoms with Crippen molar-refractivity contribution in [1.82, 2.24) is 15.2 Å². The van der Waals surface area contributed by atoms with Gasteiger partial charge in [-0.15, -0.1) is 11.7 Å². The van der Waals surface area contributed by atoms with Gasteiger partial charge in [-0.1, -0.05) is 6.08 Å². The van der Waals surface area contributed by atoms with Gasteiger partial charge in [0.2, 0.25) is 5.95 Å². The maximum Gasteiger partial charge on any atom is 0.249 e. The number of nitrogens with one attached hydrogen (secondary N) is 2. The fourth-order valence-electron chi connectivity index (χ4n) is 1.38. The quantitative estimate of drug-likeness (QED) is 0.792. The predicted octanol–water partition coefficient (Wildman–Crippen LogP) is 2.08. The first-order valence-electron chi connectivity index (χ1n) is 5.63. The van der Waals surface area contributed by atoms with Crippen LogP contribution in [0.5, 0.6) is 0 Å². The molecular weight excluding hydrogens is 240 g/mol. The highest BCUT2D eigenvalue weighted by atomic mass is 15.3. The van der Waals surface area contributed by atoms with Gasteiger partial charge in [0.1, 0.15) is 0 Å². The molecule has 2 rings (SSSR count). The maximum atomic E-state index is 8.72. The number of hydrogen-bond acceptors (Lipinski definition) is 6. The number of nitriles is 1. The number of rotatable bonds is 5. The standard InChI is InChI=1S/C13H12N6/c1-2-7-15-12-9-16-19-13(18-12)17-11-5-3-10(8-14)4-6-11/h2-6,9H,1,7H2,(H2,15,17,18,19). The zero-order valence-corrected chi connectivity index (χ0v) is 10.2. The number of nitrogens with zero attached hydrogens (tertiary/aromatic N) is 4. The summed E-state index contributed by atoms with van der Waals surface area (Å²) < 4.78 is 0. The molecule has 2 N–H and O–H groups in total. The van der Waals surface area contributed by atoms with Crippen LogP contribution in [0.4, 0.5) is 17.5 Å². The third-order valence-electron chi connectivity index (χ3n) is 2.26.